The number of benzene rings is 2. The Morgan fingerprint density at radius 2 is 1.87 bits per heavy atom. The Kier molecular flexibility index (Phi) is 6.16. The second-order valence-corrected chi connectivity index (χ2v) is 8.20. The lowest BCUT2D eigenvalue weighted by atomic mass is 9.93. The van der Waals surface area contributed by atoms with Crippen molar-refractivity contribution in [2.45, 2.75) is 45.6 Å². The Hall–Kier alpha value is -2.70. The van der Waals surface area contributed by atoms with Crippen LogP contribution in [0.1, 0.15) is 47.9 Å². The van der Waals surface area contributed by atoms with E-state index in [1.165, 1.54) is 0 Å². The fourth-order valence-corrected chi connectivity index (χ4v) is 3.96. The molecule has 6 heteroatoms. The average molecular weight is 408 g/mol. The zero-order valence-corrected chi connectivity index (χ0v) is 17.6. The van der Waals surface area contributed by atoms with Gasteiger partial charge in [-0.3, -0.25) is 10.2 Å². The lowest BCUT2D eigenvalue weighted by Crippen LogP contribution is -2.44. The minimum Gasteiger partial charge on any atom is -0.438 e. The number of aryl methyl sites for hydroxylation is 3. The second kappa shape index (κ2) is 8.98. The third-order valence-corrected chi connectivity index (χ3v) is 5.95. The standard InChI is InChI=1S/C24H29N3O3/c1-16-14-20-21(15-17(16)2)30-24(25-20)22(28)19(11-10-18-8-4-3-5-9-18)23(29)26-27-12-6-7-13-27/h3-5,8-9,14-15,19,22,28H,6-7,10-13H2,1-2H3,(H,26,29). The molecule has 1 aliphatic rings. The van der Waals surface area contributed by atoms with Crippen LogP contribution in [0.2, 0.25) is 0 Å². The van der Waals surface area contributed by atoms with Gasteiger partial charge in [0.15, 0.2) is 5.58 Å². The van der Waals surface area contributed by atoms with Gasteiger partial charge in [-0.15, -0.1) is 0 Å². The molecule has 4 rings (SSSR count). The number of hydrogen-bond donors (Lipinski definition) is 2. The first-order valence-electron chi connectivity index (χ1n) is 10.7. The molecule has 0 spiro atoms. The second-order valence-electron chi connectivity index (χ2n) is 8.20. The van der Waals surface area contributed by atoms with Crippen molar-refractivity contribution >= 4 is 17.0 Å². The SMILES string of the molecule is Cc1cc2nc(C(O)C(CCc3ccccc3)C(=O)NN3CCCC3)oc2cc1C. The summed E-state index contributed by atoms with van der Waals surface area (Å²) in [6.45, 7) is 5.72. The molecule has 0 aliphatic carbocycles. The molecule has 158 valence electrons. The van der Waals surface area contributed by atoms with E-state index in [0.717, 1.165) is 42.6 Å². The Morgan fingerprint density at radius 3 is 2.60 bits per heavy atom. The summed E-state index contributed by atoms with van der Waals surface area (Å²) in [5, 5.41) is 13.0. The normalized spacial score (nSPS) is 16.6. The van der Waals surface area contributed by atoms with Gasteiger partial charge in [0.2, 0.25) is 11.8 Å². The highest BCUT2D eigenvalue weighted by Gasteiger charge is 2.33. The number of fused-ring (bicyclic) bond motifs is 1. The maximum absolute atomic E-state index is 13.1. The van der Waals surface area contributed by atoms with Crippen molar-refractivity contribution in [1.29, 1.82) is 0 Å². The van der Waals surface area contributed by atoms with Gasteiger partial charge in [0.1, 0.15) is 11.6 Å². The summed E-state index contributed by atoms with van der Waals surface area (Å²) in [6.07, 6.45) is 2.22. The largest absolute Gasteiger partial charge is 0.438 e. The highest BCUT2D eigenvalue weighted by molar-refractivity contribution is 5.79. The molecule has 2 atom stereocenters. The Labute approximate surface area is 176 Å². The first-order chi connectivity index (χ1) is 14.5. The van der Waals surface area contributed by atoms with Crippen molar-refractivity contribution < 1.29 is 14.3 Å². The number of hydrogen-bond acceptors (Lipinski definition) is 5. The van der Waals surface area contributed by atoms with E-state index in [2.05, 4.69) is 10.4 Å². The Bertz CT molecular complexity index is 970. The molecule has 2 aromatic carbocycles. The van der Waals surface area contributed by atoms with E-state index in [1.807, 2.05) is 61.3 Å². The van der Waals surface area contributed by atoms with Crippen molar-refractivity contribution in [2.24, 2.45) is 5.92 Å². The number of amides is 1. The minimum atomic E-state index is -1.11. The quantitative estimate of drug-likeness (QED) is 0.622. The molecule has 1 fully saturated rings. The van der Waals surface area contributed by atoms with E-state index in [0.29, 0.717) is 23.9 Å². The highest BCUT2D eigenvalue weighted by atomic mass is 16.4. The predicted octanol–water partition coefficient (Wildman–Crippen LogP) is 3.85. The van der Waals surface area contributed by atoms with Gasteiger partial charge in [-0.2, -0.15) is 0 Å². The van der Waals surface area contributed by atoms with Crippen molar-refractivity contribution in [2.75, 3.05) is 13.1 Å². The lowest BCUT2D eigenvalue weighted by molar-refractivity contribution is -0.134. The van der Waals surface area contributed by atoms with Crippen molar-refractivity contribution in [3.8, 4) is 0 Å². The van der Waals surface area contributed by atoms with Gasteiger partial charge in [0, 0.05) is 13.1 Å². The monoisotopic (exact) mass is 407 g/mol. The zero-order chi connectivity index (χ0) is 21.1. The van der Waals surface area contributed by atoms with Gasteiger partial charge in [-0.1, -0.05) is 30.3 Å². The Morgan fingerprint density at radius 1 is 1.17 bits per heavy atom. The first kappa shape index (κ1) is 20.6. The summed E-state index contributed by atoms with van der Waals surface area (Å²) in [7, 11) is 0. The van der Waals surface area contributed by atoms with Gasteiger partial charge in [0.05, 0.1) is 5.92 Å². The fourth-order valence-electron chi connectivity index (χ4n) is 3.96. The lowest BCUT2D eigenvalue weighted by Gasteiger charge is -2.24. The van der Waals surface area contributed by atoms with Gasteiger partial charge < -0.3 is 9.52 Å². The summed E-state index contributed by atoms with van der Waals surface area (Å²) in [4.78, 5) is 17.6. The molecule has 6 nitrogen and oxygen atoms in total. The molecular weight excluding hydrogens is 378 g/mol. The molecule has 2 heterocycles. The van der Waals surface area contributed by atoms with Gasteiger partial charge in [0.25, 0.3) is 0 Å². The number of nitrogens with one attached hydrogen (secondary N) is 1. The van der Waals surface area contributed by atoms with E-state index < -0.39 is 12.0 Å². The molecular formula is C24H29N3O3. The van der Waals surface area contributed by atoms with Crippen LogP contribution < -0.4 is 5.43 Å². The van der Waals surface area contributed by atoms with Gasteiger partial charge >= 0.3 is 0 Å². The minimum absolute atomic E-state index is 0.185. The molecule has 30 heavy (non-hydrogen) atoms. The maximum Gasteiger partial charge on any atom is 0.240 e. The topological polar surface area (TPSA) is 78.6 Å². The fraction of sp³-hybridized carbons (Fsp3) is 0.417. The molecule has 3 aromatic rings. The number of aliphatic hydroxyl groups excluding tert-OH is 1. The first-order valence-corrected chi connectivity index (χ1v) is 10.7. The number of carbonyl (C=O) groups excluding carboxylic acids is 1. The molecule has 2 unspecified atom stereocenters. The van der Waals surface area contributed by atoms with E-state index in [4.69, 9.17) is 4.42 Å². The summed E-state index contributed by atoms with van der Waals surface area (Å²) < 4.78 is 5.86. The summed E-state index contributed by atoms with van der Waals surface area (Å²) >= 11 is 0. The van der Waals surface area contributed by atoms with E-state index >= 15 is 0 Å². The third kappa shape index (κ3) is 4.55. The van der Waals surface area contributed by atoms with Crippen LogP contribution in [0.25, 0.3) is 11.1 Å². The number of aromatic nitrogens is 1. The van der Waals surface area contributed by atoms with Crippen LogP contribution in [-0.2, 0) is 11.2 Å². The molecule has 1 saturated heterocycles. The Balaban J connectivity index is 1.57. The van der Waals surface area contributed by atoms with Crippen LogP contribution in [0.4, 0.5) is 0 Å². The van der Waals surface area contributed by atoms with Crippen molar-refractivity contribution in [3.63, 3.8) is 0 Å². The predicted molar refractivity (Wildman–Crippen MR) is 116 cm³/mol. The molecule has 0 saturated carbocycles. The summed E-state index contributed by atoms with van der Waals surface area (Å²) in [6, 6.07) is 13.9. The van der Waals surface area contributed by atoms with Crippen LogP contribution in [0.3, 0.4) is 0 Å². The number of nitrogens with zero attached hydrogens (tertiary/aromatic N) is 2. The van der Waals surface area contributed by atoms with Gasteiger partial charge in [-0.25, -0.2) is 9.99 Å². The van der Waals surface area contributed by atoms with Crippen LogP contribution in [-0.4, -0.2) is 34.1 Å². The highest BCUT2D eigenvalue weighted by Crippen LogP contribution is 2.30. The molecule has 1 aliphatic heterocycles. The average Bonchev–Trinajstić information content (AvgIpc) is 3.39. The summed E-state index contributed by atoms with van der Waals surface area (Å²) in [5.41, 5.74) is 7.67. The molecule has 2 N–H and O–H groups in total. The molecule has 1 aromatic heterocycles. The molecule has 0 bridgehead atoms. The number of hydrazine groups is 1. The number of rotatable bonds is 7. The van der Waals surface area contributed by atoms with Crippen molar-refractivity contribution in [3.05, 3.63) is 65.0 Å². The number of carbonyl (C=O) groups is 1. The van der Waals surface area contributed by atoms with Crippen LogP contribution in [0.5, 0.6) is 0 Å². The molecule has 1 amide bonds. The third-order valence-electron chi connectivity index (χ3n) is 5.95. The van der Waals surface area contributed by atoms with E-state index in [1.54, 1.807) is 0 Å². The maximum atomic E-state index is 13.1. The smallest absolute Gasteiger partial charge is 0.240 e. The van der Waals surface area contributed by atoms with E-state index in [-0.39, 0.29) is 11.8 Å². The van der Waals surface area contributed by atoms with Crippen LogP contribution >= 0.6 is 0 Å². The summed E-state index contributed by atoms with van der Waals surface area (Å²) in [5.74, 6) is -0.638. The number of aliphatic hydroxyl groups is 1. The van der Waals surface area contributed by atoms with E-state index in [9.17, 15) is 9.90 Å². The number of oxazole rings is 1. The van der Waals surface area contributed by atoms with Crippen LogP contribution in [0, 0.1) is 19.8 Å². The van der Waals surface area contributed by atoms with Crippen LogP contribution in [0.15, 0.2) is 46.9 Å². The molecule has 0 radical (unpaired) electrons. The van der Waals surface area contributed by atoms with Gasteiger partial charge in [-0.05, 0) is 68.4 Å². The zero-order valence-electron chi connectivity index (χ0n) is 17.6. The van der Waals surface area contributed by atoms with Crippen molar-refractivity contribution in [1.82, 2.24) is 15.4 Å².